The van der Waals surface area contributed by atoms with E-state index in [0.717, 1.165) is 0 Å². The van der Waals surface area contributed by atoms with E-state index in [2.05, 4.69) is 9.72 Å². The molecule has 1 N–H and O–H groups in total. The van der Waals surface area contributed by atoms with E-state index in [0.29, 0.717) is 16.3 Å². The number of aromatic amines is 1. The van der Waals surface area contributed by atoms with Gasteiger partial charge in [0, 0.05) is 19.0 Å². The van der Waals surface area contributed by atoms with Gasteiger partial charge in [-0.05, 0) is 35.2 Å². The lowest BCUT2D eigenvalue weighted by Crippen LogP contribution is -2.28. The SMILES string of the molecule is CN(Cc1ccc(OC(F)(F)F)cc1)C(=O)c1cc2ccccc2c(=O)[nH]1. The van der Waals surface area contributed by atoms with Gasteiger partial charge in [0.15, 0.2) is 0 Å². The summed E-state index contributed by atoms with van der Waals surface area (Å²) in [5.74, 6) is -0.743. The number of H-pyrrole nitrogens is 1. The lowest BCUT2D eigenvalue weighted by Gasteiger charge is -2.18. The van der Waals surface area contributed by atoms with Crippen LogP contribution in [-0.2, 0) is 6.54 Å². The van der Waals surface area contributed by atoms with E-state index in [1.807, 2.05) is 0 Å². The van der Waals surface area contributed by atoms with E-state index in [9.17, 15) is 22.8 Å². The van der Waals surface area contributed by atoms with Crippen LogP contribution in [0.15, 0.2) is 59.4 Å². The number of halogens is 3. The molecule has 0 aliphatic rings. The van der Waals surface area contributed by atoms with Crippen molar-refractivity contribution in [1.29, 1.82) is 0 Å². The summed E-state index contributed by atoms with van der Waals surface area (Å²) in [6, 6.07) is 13.7. The van der Waals surface area contributed by atoms with E-state index < -0.39 is 12.3 Å². The molecule has 0 saturated heterocycles. The summed E-state index contributed by atoms with van der Waals surface area (Å²) >= 11 is 0. The molecular formula is C19H15F3N2O3. The third-order valence-corrected chi connectivity index (χ3v) is 3.91. The van der Waals surface area contributed by atoms with Gasteiger partial charge in [-0.25, -0.2) is 0 Å². The maximum atomic E-state index is 12.6. The highest BCUT2D eigenvalue weighted by atomic mass is 19.4. The average molecular weight is 376 g/mol. The lowest BCUT2D eigenvalue weighted by atomic mass is 10.1. The standard InChI is InChI=1S/C19H15F3N2O3/c1-24(11-12-6-8-14(9-7-12)27-19(20,21)22)18(26)16-10-13-4-2-3-5-15(13)17(25)23-16/h2-10H,11H2,1H3,(H,23,25). The number of amides is 1. The van der Waals surface area contributed by atoms with Crippen molar-refractivity contribution < 1.29 is 22.7 Å². The predicted molar refractivity (Wildman–Crippen MR) is 93.5 cm³/mol. The van der Waals surface area contributed by atoms with Crippen molar-refractivity contribution in [3.63, 3.8) is 0 Å². The molecular weight excluding hydrogens is 361 g/mol. The molecule has 5 nitrogen and oxygen atoms in total. The van der Waals surface area contributed by atoms with Crippen molar-refractivity contribution >= 4 is 16.7 Å². The van der Waals surface area contributed by atoms with Crippen molar-refractivity contribution in [2.75, 3.05) is 7.05 Å². The number of fused-ring (bicyclic) bond motifs is 1. The van der Waals surface area contributed by atoms with Crippen LogP contribution in [0.5, 0.6) is 5.75 Å². The summed E-state index contributed by atoms with van der Waals surface area (Å²) in [6.45, 7) is 0.153. The van der Waals surface area contributed by atoms with Gasteiger partial charge in [0.25, 0.3) is 11.5 Å². The molecule has 3 rings (SSSR count). The second kappa shape index (κ2) is 7.14. The number of rotatable bonds is 4. The Bertz CT molecular complexity index is 1030. The van der Waals surface area contributed by atoms with Crippen molar-refractivity contribution in [2.45, 2.75) is 12.9 Å². The van der Waals surface area contributed by atoms with Crippen LogP contribution in [0.25, 0.3) is 10.8 Å². The average Bonchev–Trinajstić information content (AvgIpc) is 2.61. The Morgan fingerprint density at radius 3 is 2.44 bits per heavy atom. The first kappa shape index (κ1) is 18.5. The molecule has 0 aliphatic carbocycles. The van der Waals surface area contributed by atoms with Gasteiger partial charge < -0.3 is 14.6 Å². The number of nitrogens with zero attached hydrogens (tertiary/aromatic N) is 1. The number of carbonyl (C=O) groups excluding carboxylic acids is 1. The molecule has 0 radical (unpaired) electrons. The summed E-state index contributed by atoms with van der Waals surface area (Å²) in [7, 11) is 1.54. The molecule has 27 heavy (non-hydrogen) atoms. The summed E-state index contributed by atoms with van der Waals surface area (Å²) in [4.78, 5) is 28.6. The first-order valence-corrected chi connectivity index (χ1v) is 7.95. The van der Waals surface area contributed by atoms with E-state index in [1.54, 1.807) is 30.3 Å². The Labute approximate surface area is 152 Å². The molecule has 0 bridgehead atoms. The number of pyridine rings is 1. The zero-order chi connectivity index (χ0) is 19.6. The van der Waals surface area contributed by atoms with Crippen LogP contribution in [-0.4, -0.2) is 29.2 Å². The highest BCUT2D eigenvalue weighted by molar-refractivity contribution is 5.96. The summed E-state index contributed by atoms with van der Waals surface area (Å²) in [5.41, 5.74) is 0.389. The number of benzene rings is 2. The number of ether oxygens (including phenoxy) is 1. The van der Waals surface area contributed by atoms with Gasteiger partial charge in [-0.3, -0.25) is 9.59 Å². The van der Waals surface area contributed by atoms with Crippen LogP contribution in [0.4, 0.5) is 13.2 Å². The van der Waals surface area contributed by atoms with E-state index in [-0.39, 0.29) is 23.5 Å². The molecule has 1 aromatic heterocycles. The minimum atomic E-state index is -4.75. The number of nitrogens with one attached hydrogen (secondary N) is 1. The largest absolute Gasteiger partial charge is 0.573 e. The second-order valence-electron chi connectivity index (χ2n) is 5.95. The number of aromatic nitrogens is 1. The minimum absolute atomic E-state index is 0.137. The van der Waals surface area contributed by atoms with Crippen LogP contribution in [0.2, 0.25) is 0 Å². The van der Waals surface area contributed by atoms with Crippen molar-refractivity contribution in [2.24, 2.45) is 0 Å². The maximum Gasteiger partial charge on any atom is 0.573 e. The van der Waals surface area contributed by atoms with Gasteiger partial charge in [0.1, 0.15) is 11.4 Å². The minimum Gasteiger partial charge on any atom is -0.406 e. The third kappa shape index (κ3) is 4.46. The quantitative estimate of drug-likeness (QED) is 0.755. The Hall–Kier alpha value is -3.29. The fraction of sp³-hybridized carbons (Fsp3) is 0.158. The highest BCUT2D eigenvalue weighted by Crippen LogP contribution is 2.23. The van der Waals surface area contributed by atoms with Gasteiger partial charge in [0.05, 0.1) is 0 Å². The monoisotopic (exact) mass is 376 g/mol. The van der Waals surface area contributed by atoms with Crippen molar-refractivity contribution in [1.82, 2.24) is 9.88 Å². The second-order valence-corrected chi connectivity index (χ2v) is 5.95. The number of carbonyl (C=O) groups is 1. The molecule has 0 atom stereocenters. The Balaban J connectivity index is 1.75. The molecule has 0 spiro atoms. The van der Waals surface area contributed by atoms with Gasteiger partial charge in [-0.2, -0.15) is 0 Å². The normalized spacial score (nSPS) is 11.4. The Morgan fingerprint density at radius 1 is 1.11 bits per heavy atom. The van der Waals surface area contributed by atoms with Crippen molar-refractivity contribution in [3.05, 3.63) is 76.2 Å². The Morgan fingerprint density at radius 2 is 1.78 bits per heavy atom. The molecule has 3 aromatic rings. The first-order chi connectivity index (χ1) is 12.7. The molecule has 0 aliphatic heterocycles. The molecule has 0 saturated carbocycles. The van der Waals surface area contributed by atoms with E-state index >= 15 is 0 Å². The van der Waals surface area contributed by atoms with E-state index in [4.69, 9.17) is 0 Å². The lowest BCUT2D eigenvalue weighted by molar-refractivity contribution is -0.274. The molecule has 0 unspecified atom stereocenters. The van der Waals surface area contributed by atoms with Gasteiger partial charge in [-0.1, -0.05) is 30.3 Å². The molecule has 1 amide bonds. The number of hydrogen-bond donors (Lipinski definition) is 1. The van der Waals surface area contributed by atoms with Crippen LogP contribution < -0.4 is 10.3 Å². The molecule has 2 aromatic carbocycles. The van der Waals surface area contributed by atoms with Crippen LogP contribution in [0, 0.1) is 0 Å². The van der Waals surface area contributed by atoms with Gasteiger partial charge >= 0.3 is 6.36 Å². The van der Waals surface area contributed by atoms with Crippen LogP contribution >= 0.6 is 0 Å². The van der Waals surface area contributed by atoms with Crippen LogP contribution in [0.3, 0.4) is 0 Å². The summed E-state index contributed by atoms with van der Waals surface area (Å²) in [5, 5.41) is 1.13. The zero-order valence-electron chi connectivity index (χ0n) is 14.2. The topological polar surface area (TPSA) is 62.4 Å². The van der Waals surface area contributed by atoms with Gasteiger partial charge in [-0.15, -0.1) is 13.2 Å². The summed E-state index contributed by atoms with van der Waals surface area (Å²) in [6.07, 6.45) is -4.75. The fourth-order valence-corrected chi connectivity index (χ4v) is 2.67. The van der Waals surface area contributed by atoms with Crippen molar-refractivity contribution in [3.8, 4) is 5.75 Å². The van der Waals surface area contributed by atoms with Crippen LogP contribution in [0.1, 0.15) is 16.1 Å². The predicted octanol–water partition coefficient (Wildman–Crippen LogP) is 3.70. The molecule has 140 valence electrons. The first-order valence-electron chi connectivity index (χ1n) is 7.95. The Kier molecular flexibility index (Phi) is 4.89. The summed E-state index contributed by atoms with van der Waals surface area (Å²) < 4.78 is 40.4. The number of hydrogen-bond acceptors (Lipinski definition) is 3. The fourth-order valence-electron chi connectivity index (χ4n) is 2.67. The highest BCUT2D eigenvalue weighted by Gasteiger charge is 2.31. The third-order valence-electron chi connectivity index (χ3n) is 3.91. The van der Waals surface area contributed by atoms with Gasteiger partial charge in [0.2, 0.25) is 0 Å². The molecule has 1 heterocycles. The van der Waals surface area contributed by atoms with E-state index in [1.165, 1.54) is 36.2 Å². The molecule has 0 fully saturated rings. The molecule has 8 heteroatoms. The number of alkyl halides is 3. The zero-order valence-corrected chi connectivity index (χ0v) is 14.2. The maximum absolute atomic E-state index is 12.6. The smallest absolute Gasteiger partial charge is 0.406 e.